The molecule has 102 valence electrons. The first-order chi connectivity index (χ1) is 9.69. The highest BCUT2D eigenvalue weighted by Crippen LogP contribution is 2.21. The van der Waals surface area contributed by atoms with Gasteiger partial charge < -0.3 is 9.47 Å². The molecule has 0 unspecified atom stereocenters. The van der Waals surface area contributed by atoms with E-state index in [9.17, 15) is 8.78 Å². The third kappa shape index (κ3) is 3.65. The standard InChI is InChI=1S/C14H10F2N2O2/c15-14(16)20-12-6-2-1-4-10(12)9-19-13-7-3-5-11(8-17)18-13/h1-7,14H,9H2. The summed E-state index contributed by atoms with van der Waals surface area (Å²) in [4.78, 5) is 3.92. The maximum absolute atomic E-state index is 12.3. The maximum atomic E-state index is 12.3. The van der Waals surface area contributed by atoms with Crippen LogP contribution >= 0.6 is 0 Å². The number of hydrogen-bond donors (Lipinski definition) is 0. The van der Waals surface area contributed by atoms with Crippen LogP contribution in [-0.2, 0) is 6.61 Å². The zero-order valence-corrected chi connectivity index (χ0v) is 10.3. The van der Waals surface area contributed by atoms with E-state index >= 15 is 0 Å². The molecule has 20 heavy (non-hydrogen) atoms. The van der Waals surface area contributed by atoms with Crippen molar-refractivity contribution < 1.29 is 18.3 Å². The Labute approximate surface area is 114 Å². The minimum absolute atomic E-state index is 0.0186. The lowest BCUT2D eigenvalue weighted by Gasteiger charge is -2.11. The molecular weight excluding hydrogens is 266 g/mol. The highest BCUT2D eigenvalue weighted by atomic mass is 19.3. The molecule has 1 aromatic heterocycles. The van der Waals surface area contributed by atoms with Crippen molar-refractivity contribution in [3.8, 4) is 17.7 Å². The summed E-state index contributed by atoms with van der Waals surface area (Å²) in [7, 11) is 0. The van der Waals surface area contributed by atoms with Gasteiger partial charge >= 0.3 is 6.61 Å². The van der Waals surface area contributed by atoms with E-state index in [0.29, 0.717) is 5.56 Å². The van der Waals surface area contributed by atoms with Crippen molar-refractivity contribution in [2.75, 3.05) is 0 Å². The Morgan fingerprint density at radius 3 is 2.70 bits per heavy atom. The fraction of sp³-hybridized carbons (Fsp3) is 0.143. The first-order valence-corrected chi connectivity index (χ1v) is 5.71. The lowest BCUT2D eigenvalue weighted by Crippen LogP contribution is -2.06. The van der Waals surface area contributed by atoms with Crippen LogP contribution in [0.25, 0.3) is 0 Å². The van der Waals surface area contributed by atoms with Gasteiger partial charge in [-0.25, -0.2) is 4.98 Å². The van der Waals surface area contributed by atoms with E-state index in [1.54, 1.807) is 36.4 Å². The van der Waals surface area contributed by atoms with Gasteiger partial charge in [-0.3, -0.25) is 0 Å². The largest absolute Gasteiger partial charge is 0.473 e. The van der Waals surface area contributed by atoms with Gasteiger partial charge in [0, 0.05) is 11.6 Å². The molecule has 0 amide bonds. The molecular formula is C14H10F2N2O2. The number of benzene rings is 1. The lowest BCUT2D eigenvalue weighted by molar-refractivity contribution is -0.0508. The average molecular weight is 276 g/mol. The summed E-state index contributed by atoms with van der Waals surface area (Å²) in [5, 5.41) is 8.72. The van der Waals surface area contributed by atoms with Gasteiger partial charge in [0.25, 0.3) is 0 Å². The number of hydrogen-bond acceptors (Lipinski definition) is 4. The van der Waals surface area contributed by atoms with Crippen LogP contribution in [0.3, 0.4) is 0 Å². The molecule has 1 aromatic carbocycles. The quantitative estimate of drug-likeness (QED) is 0.841. The second kappa shape index (κ2) is 6.48. The summed E-state index contributed by atoms with van der Waals surface area (Å²) in [6.45, 7) is -2.87. The van der Waals surface area contributed by atoms with Crippen molar-refractivity contribution in [2.45, 2.75) is 13.2 Å². The highest BCUT2D eigenvalue weighted by molar-refractivity contribution is 5.33. The normalized spacial score (nSPS) is 10.1. The topological polar surface area (TPSA) is 55.1 Å². The van der Waals surface area contributed by atoms with Crippen LogP contribution in [0.4, 0.5) is 8.78 Å². The van der Waals surface area contributed by atoms with Gasteiger partial charge in [0.1, 0.15) is 24.1 Å². The van der Waals surface area contributed by atoms with E-state index in [4.69, 9.17) is 10.00 Å². The number of rotatable bonds is 5. The van der Waals surface area contributed by atoms with E-state index in [-0.39, 0.29) is 23.9 Å². The first kappa shape index (κ1) is 13.7. The molecule has 0 spiro atoms. The molecule has 0 saturated heterocycles. The SMILES string of the molecule is N#Cc1cccc(OCc2ccccc2OC(F)F)n1. The predicted octanol–water partition coefficient (Wildman–Crippen LogP) is 3.13. The van der Waals surface area contributed by atoms with Crippen molar-refractivity contribution in [3.63, 3.8) is 0 Å². The molecule has 2 aromatic rings. The highest BCUT2D eigenvalue weighted by Gasteiger charge is 2.09. The third-order valence-corrected chi connectivity index (χ3v) is 2.40. The fourth-order valence-corrected chi connectivity index (χ4v) is 1.54. The summed E-state index contributed by atoms with van der Waals surface area (Å²) in [6, 6.07) is 13.0. The van der Waals surface area contributed by atoms with Crippen LogP contribution in [0, 0.1) is 11.3 Å². The predicted molar refractivity (Wildman–Crippen MR) is 66.4 cm³/mol. The molecule has 4 nitrogen and oxygen atoms in total. The van der Waals surface area contributed by atoms with Crippen LogP contribution in [0.5, 0.6) is 11.6 Å². The molecule has 0 atom stereocenters. The van der Waals surface area contributed by atoms with Crippen molar-refractivity contribution in [2.24, 2.45) is 0 Å². The van der Waals surface area contributed by atoms with Crippen LogP contribution in [-0.4, -0.2) is 11.6 Å². The Morgan fingerprint density at radius 1 is 1.15 bits per heavy atom. The molecule has 0 aliphatic heterocycles. The number of para-hydroxylation sites is 1. The number of alkyl halides is 2. The Morgan fingerprint density at radius 2 is 1.95 bits per heavy atom. The van der Waals surface area contributed by atoms with Crippen LogP contribution in [0.1, 0.15) is 11.3 Å². The molecule has 0 aliphatic rings. The number of aromatic nitrogens is 1. The van der Waals surface area contributed by atoms with Gasteiger partial charge in [0.05, 0.1) is 0 Å². The summed E-state index contributed by atoms with van der Waals surface area (Å²) in [6.07, 6.45) is 0. The van der Waals surface area contributed by atoms with Crippen molar-refractivity contribution in [1.82, 2.24) is 4.98 Å². The Kier molecular flexibility index (Phi) is 4.45. The van der Waals surface area contributed by atoms with Gasteiger partial charge in [-0.2, -0.15) is 14.0 Å². The number of pyridine rings is 1. The van der Waals surface area contributed by atoms with Gasteiger partial charge in [-0.05, 0) is 12.1 Å². The lowest BCUT2D eigenvalue weighted by atomic mass is 10.2. The summed E-state index contributed by atoms with van der Waals surface area (Å²) >= 11 is 0. The van der Waals surface area contributed by atoms with Crippen LogP contribution in [0.2, 0.25) is 0 Å². The van der Waals surface area contributed by atoms with E-state index in [1.807, 2.05) is 6.07 Å². The zero-order valence-electron chi connectivity index (χ0n) is 10.3. The van der Waals surface area contributed by atoms with E-state index in [1.165, 1.54) is 6.07 Å². The molecule has 0 radical (unpaired) electrons. The van der Waals surface area contributed by atoms with Gasteiger partial charge in [-0.1, -0.05) is 24.3 Å². The van der Waals surface area contributed by atoms with E-state index in [0.717, 1.165) is 0 Å². The molecule has 1 heterocycles. The number of nitriles is 1. The Hall–Kier alpha value is -2.68. The molecule has 0 N–H and O–H groups in total. The number of halogens is 2. The van der Waals surface area contributed by atoms with Crippen molar-refractivity contribution >= 4 is 0 Å². The monoisotopic (exact) mass is 276 g/mol. The second-order valence-corrected chi connectivity index (χ2v) is 3.75. The molecule has 6 heteroatoms. The molecule has 0 fully saturated rings. The van der Waals surface area contributed by atoms with E-state index in [2.05, 4.69) is 9.72 Å². The smallest absolute Gasteiger partial charge is 0.387 e. The third-order valence-electron chi connectivity index (χ3n) is 2.40. The Bertz CT molecular complexity index is 627. The van der Waals surface area contributed by atoms with Crippen LogP contribution in [0.15, 0.2) is 42.5 Å². The second-order valence-electron chi connectivity index (χ2n) is 3.75. The number of ether oxygens (including phenoxy) is 2. The molecule has 0 saturated carbocycles. The summed E-state index contributed by atoms with van der Waals surface area (Å²) in [5.41, 5.74) is 0.691. The van der Waals surface area contributed by atoms with Crippen molar-refractivity contribution in [1.29, 1.82) is 5.26 Å². The minimum atomic E-state index is -2.89. The van der Waals surface area contributed by atoms with Gasteiger partial charge in [0.15, 0.2) is 0 Å². The maximum Gasteiger partial charge on any atom is 0.387 e. The zero-order chi connectivity index (χ0) is 14.4. The van der Waals surface area contributed by atoms with Gasteiger partial charge in [0.2, 0.25) is 5.88 Å². The average Bonchev–Trinajstić information content (AvgIpc) is 2.46. The summed E-state index contributed by atoms with van der Waals surface area (Å²) < 4.78 is 34.3. The molecule has 0 bridgehead atoms. The minimum Gasteiger partial charge on any atom is -0.473 e. The van der Waals surface area contributed by atoms with Crippen molar-refractivity contribution in [3.05, 3.63) is 53.7 Å². The molecule has 0 aliphatic carbocycles. The summed E-state index contributed by atoms with van der Waals surface area (Å²) in [5.74, 6) is 0.301. The number of nitrogens with zero attached hydrogens (tertiary/aromatic N) is 2. The van der Waals surface area contributed by atoms with Crippen LogP contribution < -0.4 is 9.47 Å². The molecule has 2 rings (SSSR count). The fourth-order valence-electron chi connectivity index (χ4n) is 1.54. The van der Waals surface area contributed by atoms with Gasteiger partial charge in [-0.15, -0.1) is 0 Å². The first-order valence-electron chi connectivity index (χ1n) is 5.71. The Balaban J connectivity index is 2.09. The van der Waals surface area contributed by atoms with E-state index < -0.39 is 6.61 Å².